The standard InChI is InChI=1S/C14H21N3OS.2ClH/c18-14(13-4-1-5-15-13)17-8-6-16(7-9-17)11-12-3-2-10-19-12;;/h2-3,10,13,15H,1,4-9,11H2;2*1H/t13-;;/m0../s1. The highest BCUT2D eigenvalue weighted by Gasteiger charge is 2.29. The van der Waals surface area contributed by atoms with Crippen molar-refractivity contribution in [3.63, 3.8) is 0 Å². The molecule has 1 aromatic heterocycles. The molecule has 1 aromatic rings. The first-order valence-electron chi connectivity index (χ1n) is 7.10. The molecule has 1 N–H and O–H groups in total. The van der Waals surface area contributed by atoms with Gasteiger partial charge in [0.25, 0.3) is 0 Å². The van der Waals surface area contributed by atoms with Gasteiger partial charge in [-0.2, -0.15) is 0 Å². The lowest BCUT2D eigenvalue weighted by Gasteiger charge is -2.35. The third kappa shape index (κ3) is 4.83. The number of hydrogen-bond donors (Lipinski definition) is 1. The maximum Gasteiger partial charge on any atom is 0.239 e. The summed E-state index contributed by atoms with van der Waals surface area (Å²) in [5.74, 6) is 0.313. The Hall–Kier alpha value is -0.330. The fourth-order valence-electron chi connectivity index (χ4n) is 2.87. The highest BCUT2D eigenvalue weighted by molar-refractivity contribution is 7.09. The molecule has 2 aliphatic heterocycles. The van der Waals surface area contributed by atoms with Crippen LogP contribution >= 0.6 is 36.2 Å². The van der Waals surface area contributed by atoms with Crippen molar-refractivity contribution in [1.82, 2.24) is 15.1 Å². The monoisotopic (exact) mass is 351 g/mol. The van der Waals surface area contributed by atoms with E-state index >= 15 is 0 Å². The minimum atomic E-state index is 0. The van der Waals surface area contributed by atoms with Crippen molar-refractivity contribution in [2.45, 2.75) is 25.4 Å². The fraction of sp³-hybridized carbons (Fsp3) is 0.643. The van der Waals surface area contributed by atoms with Crippen LogP contribution in [0.2, 0.25) is 0 Å². The van der Waals surface area contributed by atoms with E-state index in [9.17, 15) is 4.79 Å². The van der Waals surface area contributed by atoms with Crippen LogP contribution in [0.15, 0.2) is 17.5 Å². The van der Waals surface area contributed by atoms with Crippen LogP contribution in [0.25, 0.3) is 0 Å². The van der Waals surface area contributed by atoms with E-state index in [1.54, 1.807) is 0 Å². The number of nitrogens with one attached hydrogen (secondary N) is 1. The van der Waals surface area contributed by atoms with Crippen LogP contribution in [-0.2, 0) is 11.3 Å². The molecule has 0 aliphatic carbocycles. The normalized spacial score (nSPS) is 22.5. The van der Waals surface area contributed by atoms with Crippen LogP contribution in [0.5, 0.6) is 0 Å². The van der Waals surface area contributed by atoms with E-state index in [-0.39, 0.29) is 30.9 Å². The molecule has 0 spiro atoms. The summed E-state index contributed by atoms with van der Waals surface area (Å²) >= 11 is 1.81. The van der Waals surface area contributed by atoms with Crippen molar-refractivity contribution in [1.29, 1.82) is 0 Å². The number of rotatable bonds is 3. The van der Waals surface area contributed by atoms with Crippen LogP contribution in [0.1, 0.15) is 17.7 Å². The van der Waals surface area contributed by atoms with Crippen LogP contribution < -0.4 is 5.32 Å². The van der Waals surface area contributed by atoms with Gasteiger partial charge in [0.1, 0.15) is 0 Å². The first kappa shape index (κ1) is 18.7. The summed E-state index contributed by atoms with van der Waals surface area (Å²) < 4.78 is 0. The number of thiophene rings is 1. The van der Waals surface area contributed by atoms with E-state index in [0.29, 0.717) is 5.91 Å². The second-order valence-electron chi connectivity index (χ2n) is 5.33. The minimum Gasteiger partial charge on any atom is -0.339 e. The maximum absolute atomic E-state index is 12.3. The van der Waals surface area contributed by atoms with E-state index in [1.807, 2.05) is 16.2 Å². The second-order valence-corrected chi connectivity index (χ2v) is 6.36. The summed E-state index contributed by atoms with van der Waals surface area (Å²) in [4.78, 5) is 18.2. The Morgan fingerprint density at radius 1 is 1.29 bits per heavy atom. The molecule has 1 amide bonds. The highest BCUT2D eigenvalue weighted by Crippen LogP contribution is 2.15. The second kappa shape index (κ2) is 8.96. The van der Waals surface area contributed by atoms with Crippen LogP contribution in [-0.4, -0.2) is 54.5 Å². The van der Waals surface area contributed by atoms with E-state index in [2.05, 4.69) is 27.7 Å². The van der Waals surface area contributed by atoms with Gasteiger partial charge < -0.3 is 10.2 Å². The molecule has 0 unspecified atom stereocenters. The summed E-state index contributed by atoms with van der Waals surface area (Å²) in [5.41, 5.74) is 0. The third-order valence-corrected chi connectivity index (χ3v) is 4.86. The molecular formula is C14H23Cl2N3OS. The molecule has 21 heavy (non-hydrogen) atoms. The zero-order valence-corrected chi connectivity index (χ0v) is 14.4. The third-order valence-electron chi connectivity index (χ3n) is 4.00. The van der Waals surface area contributed by atoms with Gasteiger partial charge in [-0.05, 0) is 30.8 Å². The van der Waals surface area contributed by atoms with Crippen molar-refractivity contribution < 1.29 is 4.79 Å². The Morgan fingerprint density at radius 2 is 2.05 bits per heavy atom. The highest BCUT2D eigenvalue weighted by atomic mass is 35.5. The molecule has 3 heterocycles. The first-order chi connectivity index (χ1) is 9.33. The molecular weight excluding hydrogens is 329 g/mol. The van der Waals surface area contributed by atoms with Gasteiger partial charge in [0.2, 0.25) is 5.91 Å². The molecule has 4 nitrogen and oxygen atoms in total. The molecule has 0 bridgehead atoms. The molecule has 0 aromatic carbocycles. The van der Waals surface area contributed by atoms with Gasteiger partial charge in [-0.1, -0.05) is 6.07 Å². The van der Waals surface area contributed by atoms with Gasteiger partial charge in [0.15, 0.2) is 0 Å². The van der Waals surface area contributed by atoms with E-state index in [4.69, 9.17) is 0 Å². The van der Waals surface area contributed by atoms with Crippen LogP contribution in [0.4, 0.5) is 0 Å². The number of halogens is 2. The topological polar surface area (TPSA) is 35.6 Å². The Morgan fingerprint density at radius 3 is 2.62 bits per heavy atom. The number of hydrogen-bond acceptors (Lipinski definition) is 4. The summed E-state index contributed by atoms with van der Waals surface area (Å²) in [5, 5.41) is 5.42. The Balaban J connectivity index is 0.00000110. The minimum absolute atomic E-state index is 0. The van der Waals surface area contributed by atoms with Crippen LogP contribution in [0, 0.1) is 0 Å². The van der Waals surface area contributed by atoms with Crippen LogP contribution in [0.3, 0.4) is 0 Å². The van der Waals surface area contributed by atoms with Crippen molar-refractivity contribution in [2.75, 3.05) is 32.7 Å². The molecule has 0 saturated carbocycles. The van der Waals surface area contributed by atoms with Crippen molar-refractivity contribution in [3.05, 3.63) is 22.4 Å². The molecule has 2 fully saturated rings. The number of amides is 1. The maximum atomic E-state index is 12.3. The SMILES string of the molecule is Cl.Cl.O=C([C@@H]1CCCN1)N1CCN(Cc2cccs2)CC1. The predicted molar refractivity (Wildman–Crippen MR) is 91.7 cm³/mol. The lowest BCUT2D eigenvalue weighted by Crippen LogP contribution is -2.52. The van der Waals surface area contributed by atoms with Gasteiger partial charge in [-0.15, -0.1) is 36.2 Å². The van der Waals surface area contributed by atoms with Gasteiger partial charge in [0.05, 0.1) is 6.04 Å². The van der Waals surface area contributed by atoms with Gasteiger partial charge in [-0.25, -0.2) is 0 Å². The first-order valence-corrected chi connectivity index (χ1v) is 7.98. The largest absolute Gasteiger partial charge is 0.339 e. The number of carbonyl (C=O) groups excluding carboxylic acids is 1. The molecule has 7 heteroatoms. The average molecular weight is 352 g/mol. The molecule has 2 aliphatic rings. The van der Waals surface area contributed by atoms with Gasteiger partial charge in [-0.3, -0.25) is 9.69 Å². The molecule has 1 atom stereocenters. The van der Waals surface area contributed by atoms with Gasteiger partial charge >= 0.3 is 0 Å². The zero-order chi connectivity index (χ0) is 13.1. The quantitative estimate of drug-likeness (QED) is 0.904. The Kier molecular flexibility index (Phi) is 7.98. The average Bonchev–Trinajstić information content (AvgIpc) is 3.12. The lowest BCUT2D eigenvalue weighted by atomic mass is 10.2. The van der Waals surface area contributed by atoms with Crippen molar-refractivity contribution >= 4 is 42.1 Å². The summed E-state index contributed by atoms with van der Waals surface area (Å²) in [6.07, 6.45) is 2.14. The number of carbonyl (C=O) groups is 1. The van der Waals surface area contributed by atoms with Crippen molar-refractivity contribution in [2.24, 2.45) is 0 Å². The molecule has 0 radical (unpaired) electrons. The molecule has 2 saturated heterocycles. The van der Waals surface area contributed by atoms with Gasteiger partial charge in [0, 0.05) is 37.6 Å². The lowest BCUT2D eigenvalue weighted by molar-refractivity contribution is -0.134. The summed E-state index contributed by atoms with van der Waals surface area (Å²) in [7, 11) is 0. The molecule has 120 valence electrons. The van der Waals surface area contributed by atoms with Crippen molar-refractivity contribution in [3.8, 4) is 0 Å². The van der Waals surface area contributed by atoms with E-state index in [1.165, 1.54) is 4.88 Å². The Bertz CT molecular complexity index is 416. The van der Waals surface area contributed by atoms with E-state index in [0.717, 1.165) is 52.1 Å². The number of piperazine rings is 1. The summed E-state index contributed by atoms with van der Waals surface area (Å²) in [6, 6.07) is 4.37. The zero-order valence-electron chi connectivity index (χ0n) is 12.0. The smallest absolute Gasteiger partial charge is 0.239 e. The van der Waals surface area contributed by atoms with E-state index < -0.39 is 0 Å². The molecule has 3 rings (SSSR count). The Labute approximate surface area is 142 Å². The fourth-order valence-corrected chi connectivity index (χ4v) is 3.61. The number of nitrogens with zero attached hydrogens (tertiary/aromatic N) is 2. The summed E-state index contributed by atoms with van der Waals surface area (Å²) in [6.45, 7) is 5.77. The predicted octanol–water partition coefficient (Wildman–Crippen LogP) is 1.99.